The molecule has 1 atom stereocenters. The topological polar surface area (TPSA) is 69.6 Å². The number of fused-ring (bicyclic) bond motifs is 6. The molecule has 0 spiro atoms. The predicted molar refractivity (Wildman–Crippen MR) is 108 cm³/mol. The maximum Gasteiger partial charge on any atom is 0.159 e. The third kappa shape index (κ3) is 2.87. The lowest BCUT2D eigenvalue weighted by Crippen LogP contribution is -2.45. The fourth-order valence-electron chi connectivity index (χ4n) is 3.48. The summed E-state index contributed by atoms with van der Waals surface area (Å²) in [6.45, 7) is 1.55. The van der Waals surface area contributed by atoms with Crippen LogP contribution in [0.4, 0.5) is 0 Å². The number of aliphatic imine (C=N–C) groups is 2. The summed E-state index contributed by atoms with van der Waals surface area (Å²) in [5, 5.41) is 5.05. The molecule has 1 unspecified atom stereocenters. The van der Waals surface area contributed by atoms with E-state index in [1.54, 1.807) is 6.92 Å². The van der Waals surface area contributed by atoms with Gasteiger partial charge in [0.25, 0.3) is 0 Å². The first-order valence-electron chi connectivity index (χ1n) is 9.35. The number of nitrogens with zero attached hydrogens (tertiary/aromatic N) is 2. The Kier molecular flexibility index (Phi) is 3.14. The zero-order chi connectivity index (χ0) is 19.3. The van der Waals surface area contributed by atoms with Gasteiger partial charge in [0.15, 0.2) is 5.78 Å². The number of carbonyl (C=O) groups excluding carboxylic acids is 1. The van der Waals surface area contributed by atoms with Crippen LogP contribution in [0.25, 0.3) is 12.2 Å². The maximum atomic E-state index is 12.5. The van der Waals surface area contributed by atoms with Crippen LogP contribution < -0.4 is 16.0 Å². The molecule has 5 heteroatoms. The van der Waals surface area contributed by atoms with E-state index in [9.17, 15) is 4.79 Å². The zero-order valence-electron chi connectivity index (χ0n) is 15.8. The lowest BCUT2D eigenvalue weighted by molar-refractivity contribution is -0.121. The van der Waals surface area contributed by atoms with Gasteiger partial charge in [-0.3, -0.25) is 4.79 Å². The van der Waals surface area contributed by atoms with Crippen LogP contribution in [-0.2, 0) is 4.79 Å². The quantitative estimate of drug-likeness (QED) is 0.803. The Balaban J connectivity index is 1.71. The highest BCUT2D eigenvalue weighted by molar-refractivity contribution is 6.19. The van der Waals surface area contributed by atoms with Gasteiger partial charge in [-0.1, -0.05) is 6.05 Å². The van der Waals surface area contributed by atoms with Crippen LogP contribution in [0.3, 0.4) is 0 Å². The summed E-state index contributed by atoms with van der Waals surface area (Å²) < 4.78 is 8.39. The van der Waals surface area contributed by atoms with Crippen LogP contribution in [-0.4, -0.2) is 27.7 Å². The molecule has 27 heavy (non-hydrogen) atoms. The molecule has 5 rings (SSSR count). The maximum absolute atomic E-state index is 12.5. The smallest absolute Gasteiger partial charge is 0.159 e. The molecule has 0 saturated heterocycles. The molecule has 0 fully saturated rings. The van der Waals surface area contributed by atoms with Gasteiger partial charge in [-0.25, -0.2) is 9.98 Å². The van der Waals surface area contributed by atoms with Crippen LogP contribution in [0, 0.1) is 0 Å². The summed E-state index contributed by atoms with van der Waals surface area (Å²) in [5.41, 5.74) is 2.87. The van der Waals surface area contributed by atoms with E-state index in [-0.39, 0.29) is 5.78 Å². The minimum absolute atomic E-state index is 0.0434. The summed E-state index contributed by atoms with van der Waals surface area (Å²) in [4.78, 5) is 25.0. The fraction of sp³-hybridized carbons (Fsp3) is 0.136. The normalized spacial score (nSPS) is 32.1. The van der Waals surface area contributed by atoms with Gasteiger partial charge in [0, 0.05) is 22.8 Å². The standard InChI is InChI=1S/C22H18N4O/c1-14(27)22-9-8-20(26-22)12-19-5-4-16(24-19)10-15-2-3-17(23-15)11-18-6-7-21(13-22)25-18/h2-8,10-13,24,26H,9H2,1H3/b16-10-,17-11-,19-12-,21-13-/i8D. The van der Waals surface area contributed by atoms with Crippen LogP contribution in [0.15, 0.2) is 81.7 Å². The molecule has 8 bridgehead atoms. The third-order valence-corrected chi connectivity index (χ3v) is 4.93. The largest absolute Gasteiger partial charge is 0.370 e. The molecule has 1 aromatic rings. The molecule has 0 amide bonds. The van der Waals surface area contributed by atoms with E-state index in [2.05, 4.69) is 20.3 Å². The van der Waals surface area contributed by atoms with Gasteiger partial charge in [-0.15, -0.1) is 0 Å². The van der Waals surface area contributed by atoms with E-state index in [0.717, 1.165) is 27.8 Å². The second-order valence-corrected chi connectivity index (χ2v) is 6.96. The summed E-state index contributed by atoms with van der Waals surface area (Å²) >= 11 is 0. The molecule has 2 N–H and O–H groups in total. The summed E-state index contributed by atoms with van der Waals surface area (Å²) in [6.07, 6.45) is 15.6. The summed E-state index contributed by atoms with van der Waals surface area (Å²) in [6, 6.07) is 4.32. The van der Waals surface area contributed by atoms with Crippen molar-refractivity contribution in [3.63, 3.8) is 0 Å². The summed E-state index contributed by atoms with van der Waals surface area (Å²) in [7, 11) is 0. The van der Waals surface area contributed by atoms with Crippen molar-refractivity contribution in [2.45, 2.75) is 18.9 Å². The van der Waals surface area contributed by atoms with Crippen molar-refractivity contribution in [2.24, 2.45) is 9.98 Å². The minimum Gasteiger partial charge on any atom is -0.370 e. The van der Waals surface area contributed by atoms with Gasteiger partial charge in [0.1, 0.15) is 5.54 Å². The molecule has 132 valence electrons. The Labute approximate surface area is 157 Å². The number of Topliss-reactive ketones (excluding diaryl/α,β-unsaturated/α-hetero) is 1. The van der Waals surface area contributed by atoms with E-state index in [1.807, 2.05) is 60.7 Å². The molecule has 5 heterocycles. The highest BCUT2D eigenvalue weighted by Gasteiger charge is 2.36. The first kappa shape index (κ1) is 14.7. The SMILES string of the molecule is [2H]C1=C2/C=c3/cc/c([nH]3)=C/C3=NC(=C\C4=NC(=C\C(C(C)=O)(C1)N2)/C=C4)/C=C3. The Morgan fingerprint density at radius 2 is 1.74 bits per heavy atom. The van der Waals surface area contributed by atoms with Crippen LogP contribution in [0.5, 0.6) is 0 Å². The van der Waals surface area contributed by atoms with Crippen molar-refractivity contribution in [1.29, 1.82) is 0 Å². The van der Waals surface area contributed by atoms with Crippen molar-refractivity contribution in [3.8, 4) is 0 Å². The van der Waals surface area contributed by atoms with E-state index >= 15 is 0 Å². The average molecular weight is 355 g/mol. The number of aromatic amines is 1. The van der Waals surface area contributed by atoms with Crippen LogP contribution in [0.1, 0.15) is 14.7 Å². The molecule has 5 nitrogen and oxygen atoms in total. The minimum atomic E-state index is -0.952. The Morgan fingerprint density at radius 1 is 1.04 bits per heavy atom. The molecule has 4 aliphatic rings. The van der Waals surface area contributed by atoms with Crippen molar-refractivity contribution in [2.75, 3.05) is 0 Å². The van der Waals surface area contributed by atoms with Gasteiger partial charge < -0.3 is 10.3 Å². The molecule has 1 aromatic heterocycles. The predicted octanol–water partition coefficient (Wildman–Crippen LogP) is 1.58. The van der Waals surface area contributed by atoms with Gasteiger partial charge in [-0.05, 0) is 67.7 Å². The first-order chi connectivity index (χ1) is 13.5. The number of rotatable bonds is 1. The number of hydrogen-bond acceptors (Lipinski definition) is 4. The van der Waals surface area contributed by atoms with Crippen molar-refractivity contribution < 1.29 is 6.17 Å². The number of allylic oxidation sites excluding steroid dienone is 6. The molecular formula is C22H18N4O. The monoisotopic (exact) mass is 355 g/mol. The lowest BCUT2D eigenvalue weighted by atomic mass is 9.92. The third-order valence-electron chi connectivity index (χ3n) is 4.93. The second kappa shape index (κ2) is 5.77. The van der Waals surface area contributed by atoms with Gasteiger partial charge >= 0.3 is 0 Å². The molecule has 0 aromatic carbocycles. The number of carbonyl (C=O) groups is 1. The van der Waals surface area contributed by atoms with E-state index in [0.29, 0.717) is 23.9 Å². The van der Waals surface area contributed by atoms with Gasteiger partial charge in [-0.2, -0.15) is 0 Å². The zero-order valence-corrected chi connectivity index (χ0v) is 14.8. The fourth-order valence-corrected chi connectivity index (χ4v) is 3.48. The van der Waals surface area contributed by atoms with Gasteiger partial charge in [0.05, 0.1) is 24.2 Å². The first-order valence-corrected chi connectivity index (χ1v) is 8.85. The number of aromatic nitrogens is 1. The Bertz CT molecular complexity index is 1250. The second-order valence-electron chi connectivity index (χ2n) is 6.96. The van der Waals surface area contributed by atoms with Crippen LogP contribution in [0.2, 0.25) is 0 Å². The average Bonchev–Trinajstić information content (AvgIpc) is 3.40. The Hall–Kier alpha value is -3.47. The van der Waals surface area contributed by atoms with Crippen molar-refractivity contribution >= 4 is 29.4 Å². The number of hydrogen-bond donors (Lipinski definition) is 2. The van der Waals surface area contributed by atoms with E-state index in [4.69, 9.17) is 1.37 Å². The molecule has 4 aliphatic heterocycles. The lowest BCUT2D eigenvalue weighted by Gasteiger charge is -2.24. The van der Waals surface area contributed by atoms with E-state index < -0.39 is 5.54 Å². The number of H-pyrrole nitrogens is 1. The van der Waals surface area contributed by atoms with Crippen molar-refractivity contribution in [1.82, 2.24) is 10.3 Å². The summed E-state index contributed by atoms with van der Waals surface area (Å²) in [5.74, 6) is -0.0434. The highest BCUT2D eigenvalue weighted by atomic mass is 16.1. The molecular weight excluding hydrogens is 336 g/mol. The molecule has 0 radical (unpaired) electrons. The highest BCUT2D eigenvalue weighted by Crippen LogP contribution is 2.27. The Morgan fingerprint density at radius 3 is 2.56 bits per heavy atom. The van der Waals surface area contributed by atoms with Crippen LogP contribution >= 0.6 is 0 Å². The number of ketones is 1. The molecule has 0 saturated carbocycles. The number of nitrogens with one attached hydrogen (secondary N) is 2. The van der Waals surface area contributed by atoms with E-state index in [1.165, 1.54) is 0 Å². The van der Waals surface area contributed by atoms with Gasteiger partial charge in [0.2, 0.25) is 0 Å². The molecule has 0 aliphatic carbocycles. The van der Waals surface area contributed by atoms with Crippen molar-refractivity contribution in [3.05, 3.63) is 82.4 Å².